The van der Waals surface area contributed by atoms with Gasteiger partial charge in [0, 0.05) is 32.2 Å². The molecule has 1 fully saturated rings. The van der Waals surface area contributed by atoms with E-state index in [0.29, 0.717) is 76.5 Å². The summed E-state index contributed by atoms with van der Waals surface area (Å²) >= 11 is 0. The Bertz CT molecular complexity index is 962. The van der Waals surface area contributed by atoms with Crippen molar-refractivity contribution in [2.24, 2.45) is 5.73 Å². The van der Waals surface area contributed by atoms with Crippen molar-refractivity contribution in [3.05, 3.63) is 71.8 Å². The van der Waals surface area contributed by atoms with Crippen LogP contribution in [-0.4, -0.2) is 60.5 Å². The van der Waals surface area contributed by atoms with Crippen LogP contribution in [0.15, 0.2) is 60.7 Å². The molecule has 35 heavy (non-hydrogen) atoms. The first-order valence-corrected chi connectivity index (χ1v) is 12.2. The molecule has 0 radical (unpaired) electrons. The van der Waals surface area contributed by atoms with Gasteiger partial charge in [-0.2, -0.15) is 15.0 Å². The van der Waals surface area contributed by atoms with Gasteiger partial charge in [-0.1, -0.05) is 60.7 Å². The number of ether oxygens (including phenoxy) is 2. The van der Waals surface area contributed by atoms with Crippen LogP contribution in [0.4, 0.5) is 17.8 Å². The molecule has 0 atom stereocenters. The largest absolute Gasteiger partial charge is 0.378 e. The van der Waals surface area contributed by atoms with Crippen LogP contribution < -0.4 is 21.3 Å². The van der Waals surface area contributed by atoms with Crippen molar-refractivity contribution < 1.29 is 9.47 Å². The number of nitrogens with two attached hydrogens (primary N) is 1. The lowest BCUT2D eigenvalue weighted by Gasteiger charge is -2.24. The first kappa shape index (κ1) is 24.8. The fourth-order valence-electron chi connectivity index (χ4n) is 3.51. The number of nitrogens with zero attached hydrogens (tertiary/aromatic N) is 4. The van der Waals surface area contributed by atoms with Gasteiger partial charge in [-0.05, 0) is 24.0 Å². The number of benzene rings is 2. The third-order valence-electron chi connectivity index (χ3n) is 5.41. The Balaban J connectivity index is 1.46. The van der Waals surface area contributed by atoms with Crippen LogP contribution >= 0.6 is 0 Å². The zero-order chi connectivity index (χ0) is 24.1. The van der Waals surface area contributed by atoms with E-state index in [2.05, 4.69) is 69.0 Å². The predicted octanol–water partition coefficient (Wildman–Crippen LogP) is 3.06. The lowest BCUT2D eigenvalue weighted by atomic mass is 10.2. The molecule has 4 rings (SSSR count). The van der Waals surface area contributed by atoms with Crippen molar-refractivity contribution in [2.75, 3.05) is 55.1 Å². The summed E-state index contributed by atoms with van der Waals surface area (Å²) in [7, 11) is 0. The molecule has 9 heteroatoms. The second-order valence-electron chi connectivity index (χ2n) is 8.47. The predicted molar refractivity (Wildman–Crippen MR) is 138 cm³/mol. The maximum absolute atomic E-state index is 5.62. The zero-order valence-electron chi connectivity index (χ0n) is 20.1. The van der Waals surface area contributed by atoms with Crippen LogP contribution in [0, 0.1) is 0 Å². The lowest BCUT2D eigenvalue weighted by molar-refractivity contribution is 0.0547. The Morgan fingerprint density at radius 1 is 0.771 bits per heavy atom. The molecule has 186 valence electrons. The summed E-state index contributed by atoms with van der Waals surface area (Å²) in [6.07, 6.45) is 2.28. The highest BCUT2D eigenvalue weighted by Gasteiger charge is 2.23. The lowest BCUT2D eigenvalue weighted by Crippen LogP contribution is -2.26. The molecule has 0 spiro atoms. The van der Waals surface area contributed by atoms with E-state index >= 15 is 0 Å². The molecule has 0 saturated heterocycles. The average Bonchev–Trinajstić information content (AvgIpc) is 3.70. The second kappa shape index (κ2) is 13.6. The van der Waals surface area contributed by atoms with E-state index < -0.39 is 0 Å². The SMILES string of the molecule is NCCOCCOCCNc1nc(NC2CC2)nc(N(Cc2ccccc2)Cc2ccccc2)n1. The minimum atomic E-state index is 0.437. The Morgan fingerprint density at radius 2 is 1.37 bits per heavy atom. The molecule has 1 aliphatic carbocycles. The van der Waals surface area contributed by atoms with Gasteiger partial charge in [0.2, 0.25) is 17.8 Å². The highest BCUT2D eigenvalue weighted by atomic mass is 16.5. The molecule has 1 saturated carbocycles. The number of rotatable bonds is 16. The summed E-state index contributed by atoms with van der Waals surface area (Å²) in [5.74, 6) is 1.77. The molecule has 2 aromatic carbocycles. The highest BCUT2D eigenvalue weighted by Crippen LogP contribution is 2.25. The summed E-state index contributed by atoms with van der Waals surface area (Å²) in [6.45, 7) is 4.62. The van der Waals surface area contributed by atoms with Crippen LogP contribution in [0.1, 0.15) is 24.0 Å². The van der Waals surface area contributed by atoms with Gasteiger partial charge in [0.05, 0.1) is 26.4 Å². The molecule has 1 aromatic heterocycles. The topological polar surface area (TPSA) is 110 Å². The molecule has 0 aliphatic heterocycles. The van der Waals surface area contributed by atoms with Gasteiger partial charge in [0.15, 0.2) is 0 Å². The van der Waals surface area contributed by atoms with Crippen LogP contribution in [0.3, 0.4) is 0 Å². The van der Waals surface area contributed by atoms with E-state index in [1.165, 1.54) is 11.1 Å². The van der Waals surface area contributed by atoms with Crippen molar-refractivity contribution in [1.29, 1.82) is 0 Å². The molecule has 3 aromatic rings. The molecule has 4 N–H and O–H groups in total. The van der Waals surface area contributed by atoms with Gasteiger partial charge in [-0.15, -0.1) is 0 Å². The van der Waals surface area contributed by atoms with E-state index in [1.54, 1.807) is 0 Å². The molecule has 0 unspecified atom stereocenters. The van der Waals surface area contributed by atoms with Crippen LogP contribution in [-0.2, 0) is 22.6 Å². The molecular formula is C26H35N7O2. The van der Waals surface area contributed by atoms with Gasteiger partial charge < -0.3 is 30.7 Å². The molecular weight excluding hydrogens is 442 g/mol. The second-order valence-corrected chi connectivity index (χ2v) is 8.47. The summed E-state index contributed by atoms with van der Waals surface area (Å²) < 4.78 is 10.9. The number of aromatic nitrogens is 3. The van der Waals surface area contributed by atoms with Gasteiger partial charge in [-0.25, -0.2) is 0 Å². The Kier molecular flexibility index (Phi) is 9.64. The summed E-state index contributed by atoms with van der Waals surface area (Å²) in [4.78, 5) is 16.3. The highest BCUT2D eigenvalue weighted by molar-refractivity contribution is 5.46. The summed E-state index contributed by atoms with van der Waals surface area (Å²) in [6, 6.07) is 21.2. The van der Waals surface area contributed by atoms with Gasteiger partial charge in [0.1, 0.15) is 0 Å². The molecule has 0 amide bonds. The van der Waals surface area contributed by atoms with Crippen LogP contribution in [0.5, 0.6) is 0 Å². The number of nitrogens with one attached hydrogen (secondary N) is 2. The Hall–Kier alpha value is -3.27. The molecule has 0 bridgehead atoms. The maximum Gasteiger partial charge on any atom is 0.232 e. The average molecular weight is 478 g/mol. The standard InChI is InChI=1S/C26H35N7O2/c27-13-15-34-17-18-35-16-14-28-24-30-25(29-23-11-12-23)32-26(31-24)33(19-21-7-3-1-4-8-21)20-22-9-5-2-6-10-22/h1-10,23H,11-20,27H2,(H2,28,29,30,31,32). The van der Waals surface area contributed by atoms with E-state index in [1.807, 2.05) is 12.1 Å². The van der Waals surface area contributed by atoms with Crippen molar-refractivity contribution in [3.63, 3.8) is 0 Å². The van der Waals surface area contributed by atoms with Crippen molar-refractivity contribution in [3.8, 4) is 0 Å². The molecule has 1 aliphatic rings. The fourth-order valence-corrected chi connectivity index (χ4v) is 3.51. The number of hydrogen-bond acceptors (Lipinski definition) is 9. The minimum Gasteiger partial charge on any atom is -0.378 e. The fraction of sp³-hybridized carbons (Fsp3) is 0.423. The van der Waals surface area contributed by atoms with Gasteiger partial charge in [0.25, 0.3) is 0 Å². The van der Waals surface area contributed by atoms with E-state index in [4.69, 9.17) is 25.2 Å². The first-order valence-electron chi connectivity index (χ1n) is 12.2. The number of hydrogen-bond donors (Lipinski definition) is 3. The summed E-state index contributed by atoms with van der Waals surface area (Å²) in [5, 5.41) is 6.71. The van der Waals surface area contributed by atoms with E-state index in [9.17, 15) is 0 Å². The Morgan fingerprint density at radius 3 is 1.97 bits per heavy atom. The van der Waals surface area contributed by atoms with E-state index in [-0.39, 0.29) is 0 Å². The monoisotopic (exact) mass is 477 g/mol. The van der Waals surface area contributed by atoms with Gasteiger partial charge in [-0.3, -0.25) is 0 Å². The first-order chi connectivity index (χ1) is 17.3. The third-order valence-corrected chi connectivity index (χ3v) is 5.41. The quantitative estimate of drug-likeness (QED) is 0.268. The Labute approximate surface area is 207 Å². The van der Waals surface area contributed by atoms with Crippen LogP contribution in [0.25, 0.3) is 0 Å². The zero-order valence-corrected chi connectivity index (χ0v) is 20.1. The van der Waals surface area contributed by atoms with Crippen molar-refractivity contribution in [2.45, 2.75) is 32.0 Å². The number of anilines is 3. The van der Waals surface area contributed by atoms with Crippen molar-refractivity contribution >= 4 is 17.8 Å². The normalized spacial score (nSPS) is 12.9. The third kappa shape index (κ3) is 8.79. The van der Waals surface area contributed by atoms with Crippen molar-refractivity contribution in [1.82, 2.24) is 15.0 Å². The summed E-state index contributed by atoms with van der Waals surface area (Å²) in [5.41, 5.74) is 7.81. The maximum atomic E-state index is 5.62. The van der Waals surface area contributed by atoms with Crippen LogP contribution in [0.2, 0.25) is 0 Å². The minimum absolute atomic E-state index is 0.437. The van der Waals surface area contributed by atoms with E-state index in [0.717, 1.165) is 12.8 Å². The van der Waals surface area contributed by atoms with Gasteiger partial charge >= 0.3 is 0 Å². The molecule has 1 heterocycles. The smallest absolute Gasteiger partial charge is 0.232 e. The molecule has 9 nitrogen and oxygen atoms in total.